The fourth-order valence-electron chi connectivity index (χ4n) is 6.83. The monoisotopic (exact) mass is 683 g/mol. The van der Waals surface area contributed by atoms with Crippen molar-refractivity contribution in [1.82, 2.24) is 15.5 Å². The molecule has 1 aliphatic carbocycles. The number of amides is 1. The molecule has 2 saturated heterocycles. The first-order chi connectivity index (χ1) is 22.9. The number of piperidine rings is 2. The Balaban J connectivity index is 1.12. The van der Waals surface area contributed by atoms with Crippen molar-refractivity contribution in [3.8, 4) is 28.4 Å². The number of hydrogen-bond acceptors (Lipinski definition) is 6. The third kappa shape index (κ3) is 8.34. The Labute approximate surface area is 287 Å². The predicted molar refractivity (Wildman–Crippen MR) is 185 cm³/mol. The fraction of sp³-hybridized carbons (Fsp3) is 0.486. The first-order valence-electron chi connectivity index (χ1n) is 16.9. The van der Waals surface area contributed by atoms with Gasteiger partial charge in [-0.05, 0) is 74.3 Å². The van der Waals surface area contributed by atoms with Gasteiger partial charge in [-0.3, -0.25) is 4.79 Å². The second-order valence-electron chi connectivity index (χ2n) is 12.6. The molecule has 0 aromatic heterocycles. The Morgan fingerprint density at radius 2 is 1.77 bits per heavy atom. The normalized spacial score (nSPS) is 20.1. The molecule has 2 fully saturated rings. The molecule has 7 nitrogen and oxygen atoms in total. The van der Waals surface area contributed by atoms with Crippen LogP contribution in [-0.4, -0.2) is 62.4 Å². The van der Waals surface area contributed by atoms with E-state index in [1.54, 1.807) is 0 Å². The topological polar surface area (TPSA) is 72.1 Å². The number of carbonyl (C=O) groups excluding carboxylic acids is 1. The highest BCUT2D eigenvalue weighted by molar-refractivity contribution is 6.35. The van der Waals surface area contributed by atoms with Gasteiger partial charge in [0.1, 0.15) is 29.5 Å². The first kappa shape index (κ1) is 33.8. The summed E-state index contributed by atoms with van der Waals surface area (Å²) in [5, 5.41) is 7.58. The summed E-state index contributed by atoms with van der Waals surface area (Å²) >= 11 is 13.8. The number of hydrogen-bond donors (Lipinski definition) is 2. The molecular weight excluding hydrogens is 640 g/mol. The molecule has 1 amide bonds. The molecule has 2 N–H and O–H groups in total. The zero-order valence-corrected chi connectivity index (χ0v) is 28.5. The number of ether oxygens (including phenoxy) is 3. The number of likely N-dealkylation sites (tertiary alicyclic amines) is 1. The van der Waals surface area contributed by atoms with Gasteiger partial charge in [-0.1, -0.05) is 53.5 Å². The Morgan fingerprint density at radius 1 is 0.957 bits per heavy atom. The molecule has 3 aliphatic rings. The maximum atomic E-state index is 13.4. The third-order valence-electron chi connectivity index (χ3n) is 9.39. The van der Waals surface area contributed by atoms with Crippen LogP contribution >= 0.6 is 23.2 Å². The summed E-state index contributed by atoms with van der Waals surface area (Å²) < 4.78 is 32.2. The standard InChI is InChI=1S/C37H44Cl2FN3O4/c1-2-45-34-21-35(31(38)20-24(34)22-41-26-10-13-36(44)42-23-26)47-32-12-11-28-27(6-3-7-29(28)32)30-8-4-9-33(37(30)39)46-19-5-16-43-17-14-25(40)15-18-43/h3-4,6-9,20-21,25-26,32,41H,2,5,10-19,22-23H2,1H3,(H,42,44)/t26-,32+/m1/s1. The molecule has 0 spiro atoms. The number of carbonyl (C=O) groups is 1. The lowest BCUT2D eigenvalue weighted by molar-refractivity contribution is -0.122. The highest BCUT2D eigenvalue weighted by atomic mass is 35.5. The zero-order chi connectivity index (χ0) is 32.8. The summed E-state index contributed by atoms with van der Waals surface area (Å²) in [6, 6.07) is 16.2. The Bertz CT molecular complexity index is 1540. The summed E-state index contributed by atoms with van der Waals surface area (Å²) in [5.41, 5.74) is 5.32. The van der Waals surface area contributed by atoms with Crippen molar-refractivity contribution in [3.63, 3.8) is 0 Å². The van der Waals surface area contributed by atoms with Crippen molar-refractivity contribution >= 4 is 29.1 Å². The van der Waals surface area contributed by atoms with Crippen LogP contribution in [0.25, 0.3) is 11.1 Å². The molecule has 3 aromatic rings. The molecule has 2 heterocycles. The van der Waals surface area contributed by atoms with Gasteiger partial charge >= 0.3 is 0 Å². The van der Waals surface area contributed by atoms with Crippen molar-refractivity contribution in [2.24, 2.45) is 0 Å². The van der Waals surface area contributed by atoms with Gasteiger partial charge in [-0.15, -0.1) is 0 Å². The average Bonchev–Trinajstić information content (AvgIpc) is 3.49. The van der Waals surface area contributed by atoms with Crippen LogP contribution in [0.1, 0.15) is 68.2 Å². The van der Waals surface area contributed by atoms with Crippen LogP contribution in [0.15, 0.2) is 48.5 Å². The average molecular weight is 685 g/mol. The molecule has 10 heteroatoms. The maximum Gasteiger partial charge on any atom is 0.220 e. The molecule has 2 atom stereocenters. The lowest BCUT2D eigenvalue weighted by Crippen LogP contribution is -2.45. The van der Waals surface area contributed by atoms with E-state index >= 15 is 0 Å². The molecule has 0 radical (unpaired) electrons. The Morgan fingerprint density at radius 3 is 2.55 bits per heavy atom. The molecule has 252 valence electrons. The number of nitrogens with one attached hydrogen (secondary N) is 2. The smallest absolute Gasteiger partial charge is 0.220 e. The zero-order valence-electron chi connectivity index (χ0n) is 27.0. The van der Waals surface area contributed by atoms with Gasteiger partial charge in [0.15, 0.2) is 0 Å². The van der Waals surface area contributed by atoms with Gasteiger partial charge in [0.2, 0.25) is 5.91 Å². The van der Waals surface area contributed by atoms with Crippen molar-refractivity contribution in [2.45, 2.75) is 76.7 Å². The van der Waals surface area contributed by atoms with E-state index < -0.39 is 6.17 Å². The van der Waals surface area contributed by atoms with Gasteiger partial charge in [-0.2, -0.15) is 0 Å². The van der Waals surface area contributed by atoms with Crippen molar-refractivity contribution in [1.29, 1.82) is 0 Å². The molecule has 6 rings (SSSR count). The Kier molecular flexibility index (Phi) is 11.5. The number of nitrogens with zero attached hydrogens (tertiary/aromatic N) is 1. The van der Waals surface area contributed by atoms with E-state index in [-0.39, 0.29) is 18.1 Å². The van der Waals surface area contributed by atoms with E-state index in [9.17, 15) is 9.18 Å². The van der Waals surface area contributed by atoms with Gasteiger partial charge in [0, 0.05) is 62.4 Å². The number of halogens is 3. The van der Waals surface area contributed by atoms with Gasteiger partial charge in [0.05, 0.1) is 23.3 Å². The van der Waals surface area contributed by atoms with E-state index in [1.807, 2.05) is 37.3 Å². The predicted octanol–water partition coefficient (Wildman–Crippen LogP) is 7.70. The van der Waals surface area contributed by atoms with E-state index in [0.29, 0.717) is 67.1 Å². The van der Waals surface area contributed by atoms with Crippen LogP contribution in [0, 0.1) is 0 Å². The lowest BCUT2D eigenvalue weighted by atomic mass is 9.96. The van der Waals surface area contributed by atoms with Crippen molar-refractivity contribution in [3.05, 3.63) is 75.3 Å². The lowest BCUT2D eigenvalue weighted by Gasteiger charge is -2.28. The van der Waals surface area contributed by atoms with Crippen LogP contribution in [0.3, 0.4) is 0 Å². The quantitative estimate of drug-likeness (QED) is 0.180. The van der Waals surface area contributed by atoms with Crippen LogP contribution in [-0.2, 0) is 17.8 Å². The second-order valence-corrected chi connectivity index (χ2v) is 13.4. The minimum Gasteiger partial charge on any atom is -0.493 e. The van der Waals surface area contributed by atoms with Crippen LogP contribution < -0.4 is 24.8 Å². The van der Waals surface area contributed by atoms with Gasteiger partial charge in [-0.25, -0.2) is 4.39 Å². The molecular formula is C37H44Cl2FN3O4. The number of alkyl halides is 1. The van der Waals surface area contributed by atoms with Crippen LogP contribution in [0.5, 0.6) is 17.2 Å². The summed E-state index contributed by atoms with van der Waals surface area (Å²) in [7, 11) is 0. The largest absolute Gasteiger partial charge is 0.493 e. The molecule has 0 unspecified atom stereocenters. The summed E-state index contributed by atoms with van der Waals surface area (Å²) in [6.07, 6.45) is 4.29. The molecule has 0 bridgehead atoms. The number of benzene rings is 3. The Hall–Kier alpha value is -3.04. The molecule has 0 saturated carbocycles. The SMILES string of the molecule is CCOc1cc(O[C@H]2CCc3c(-c4cccc(OCCCN5CCC(F)CC5)c4Cl)cccc32)c(Cl)cc1CN[C@@H]1CCC(=O)NC1. The minimum atomic E-state index is -0.657. The van der Waals surface area contributed by atoms with Gasteiger partial charge in [0.25, 0.3) is 0 Å². The number of fused-ring (bicyclic) bond motifs is 1. The summed E-state index contributed by atoms with van der Waals surface area (Å²) in [4.78, 5) is 13.8. The van der Waals surface area contributed by atoms with E-state index in [0.717, 1.165) is 73.3 Å². The second kappa shape index (κ2) is 15.9. The number of rotatable bonds is 13. The van der Waals surface area contributed by atoms with Gasteiger partial charge < -0.3 is 29.7 Å². The summed E-state index contributed by atoms with van der Waals surface area (Å²) in [5.74, 6) is 2.10. The third-order valence-corrected chi connectivity index (χ3v) is 10.1. The first-order valence-corrected chi connectivity index (χ1v) is 17.7. The minimum absolute atomic E-state index is 0.101. The van der Waals surface area contributed by atoms with Crippen LogP contribution in [0.2, 0.25) is 10.0 Å². The molecule has 2 aliphatic heterocycles. The summed E-state index contributed by atoms with van der Waals surface area (Å²) in [6.45, 7) is 6.75. The van der Waals surface area contributed by atoms with Crippen molar-refractivity contribution in [2.75, 3.05) is 39.4 Å². The van der Waals surface area contributed by atoms with E-state index in [1.165, 1.54) is 5.56 Å². The highest BCUT2D eigenvalue weighted by Crippen LogP contribution is 2.45. The fourth-order valence-corrected chi connectivity index (χ4v) is 7.34. The van der Waals surface area contributed by atoms with Crippen molar-refractivity contribution < 1.29 is 23.4 Å². The highest BCUT2D eigenvalue weighted by Gasteiger charge is 2.29. The molecule has 47 heavy (non-hydrogen) atoms. The maximum absolute atomic E-state index is 13.4. The van der Waals surface area contributed by atoms with E-state index in [2.05, 4.69) is 33.7 Å². The molecule has 3 aromatic carbocycles. The van der Waals surface area contributed by atoms with Crippen LogP contribution in [0.4, 0.5) is 4.39 Å². The van der Waals surface area contributed by atoms with E-state index in [4.69, 9.17) is 37.4 Å².